The zero-order chi connectivity index (χ0) is 18.5. The van der Waals surface area contributed by atoms with Crippen LogP contribution >= 0.6 is 0 Å². The molecule has 0 aliphatic carbocycles. The molecule has 1 aliphatic heterocycles. The molecule has 9 heteroatoms. The third-order valence-corrected chi connectivity index (χ3v) is 4.49. The van der Waals surface area contributed by atoms with E-state index < -0.39 is 0 Å². The van der Waals surface area contributed by atoms with E-state index >= 15 is 0 Å². The highest BCUT2D eigenvalue weighted by Gasteiger charge is 2.31. The molecule has 2 aromatic rings. The molecule has 3 heterocycles. The summed E-state index contributed by atoms with van der Waals surface area (Å²) in [5.74, 6) is 0.300. The Hall–Kier alpha value is -2.68. The lowest BCUT2D eigenvalue weighted by Gasteiger charge is -2.24. The van der Waals surface area contributed by atoms with Crippen LogP contribution in [0.1, 0.15) is 39.4 Å². The first-order valence-corrected chi connectivity index (χ1v) is 8.62. The van der Waals surface area contributed by atoms with Crippen molar-refractivity contribution in [1.29, 1.82) is 0 Å². The molecule has 1 fully saturated rings. The van der Waals surface area contributed by atoms with E-state index in [0.29, 0.717) is 37.6 Å². The number of methoxy groups -OCH3 is 1. The SMILES string of the molecule is COCCNC(=O)c1cn(CC2CCCN2C(=O)c2ccoc2C)nn1. The molecular formula is C17H23N5O4. The van der Waals surface area contributed by atoms with Gasteiger partial charge in [0.15, 0.2) is 5.69 Å². The van der Waals surface area contributed by atoms with Gasteiger partial charge in [-0.3, -0.25) is 9.59 Å². The van der Waals surface area contributed by atoms with E-state index in [1.54, 1.807) is 31.0 Å². The van der Waals surface area contributed by atoms with Crippen molar-refractivity contribution in [1.82, 2.24) is 25.2 Å². The van der Waals surface area contributed by atoms with E-state index in [2.05, 4.69) is 15.6 Å². The Kier molecular flexibility index (Phi) is 5.67. The lowest BCUT2D eigenvalue weighted by molar-refractivity contribution is 0.0719. The highest BCUT2D eigenvalue weighted by atomic mass is 16.5. The van der Waals surface area contributed by atoms with Crippen LogP contribution in [0.2, 0.25) is 0 Å². The smallest absolute Gasteiger partial charge is 0.273 e. The number of hydrogen-bond acceptors (Lipinski definition) is 6. The summed E-state index contributed by atoms with van der Waals surface area (Å²) in [5, 5.41) is 10.6. The van der Waals surface area contributed by atoms with Gasteiger partial charge in [0.25, 0.3) is 11.8 Å². The molecule has 1 atom stereocenters. The van der Waals surface area contributed by atoms with Gasteiger partial charge in [-0.2, -0.15) is 0 Å². The number of nitrogens with one attached hydrogen (secondary N) is 1. The molecule has 1 aliphatic rings. The molecule has 0 saturated carbocycles. The highest BCUT2D eigenvalue weighted by molar-refractivity contribution is 5.95. The topological polar surface area (TPSA) is 102 Å². The second kappa shape index (κ2) is 8.13. The van der Waals surface area contributed by atoms with Crippen LogP contribution in [0.4, 0.5) is 0 Å². The first-order valence-electron chi connectivity index (χ1n) is 8.62. The molecule has 3 rings (SSSR count). The Morgan fingerprint density at radius 3 is 3.04 bits per heavy atom. The minimum atomic E-state index is -0.290. The molecular weight excluding hydrogens is 338 g/mol. The molecule has 2 amide bonds. The fourth-order valence-electron chi connectivity index (χ4n) is 3.12. The third-order valence-electron chi connectivity index (χ3n) is 4.49. The minimum Gasteiger partial charge on any atom is -0.469 e. The number of furan rings is 1. The van der Waals surface area contributed by atoms with Crippen molar-refractivity contribution in [2.45, 2.75) is 32.4 Å². The Labute approximate surface area is 151 Å². The van der Waals surface area contributed by atoms with Gasteiger partial charge in [-0.1, -0.05) is 5.21 Å². The van der Waals surface area contributed by atoms with Gasteiger partial charge in [0, 0.05) is 20.2 Å². The summed E-state index contributed by atoms with van der Waals surface area (Å²) in [6.07, 6.45) is 4.95. The van der Waals surface area contributed by atoms with Gasteiger partial charge in [0.05, 0.1) is 37.2 Å². The van der Waals surface area contributed by atoms with Crippen LogP contribution in [-0.2, 0) is 11.3 Å². The van der Waals surface area contributed by atoms with Crippen molar-refractivity contribution < 1.29 is 18.7 Å². The molecule has 26 heavy (non-hydrogen) atoms. The van der Waals surface area contributed by atoms with Crippen molar-refractivity contribution in [3.63, 3.8) is 0 Å². The number of carbonyl (C=O) groups excluding carboxylic acids is 2. The second-order valence-electron chi connectivity index (χ2n) is 6.26. The van der Waals surface area contributed by atoms with Gasteiger partial charge in [0.1, 0.15) is 5.76 Å². The number of hydrogen-bond donors (Lipinski definition) is 1. The molecule has 0 bridgehead atoms. The number of ether oxygens (including phenoxy) is 1. The van der Waals surface area contributed by atoms with Gasteiger partial charge in [-0.15, -0.1) is 5.10 Å². The van der Waals surface area contributed by atoms with Crippen molar-refractivity contribution in [3.05, 3.63) is 35.5 Å². The molecule has 1 unspecified atom stereocenters. The molecule has 1 N–H and O–H groups in total. The third kappa shape index (κ3) is 3.93. The normalized spacial score (nSPS) is 16.8. The van der Waals surface area contributed by atoms with E-state index in [1.807, 2.05) is 4.90 Å². The number of aryl methyl sites for hydroxylation is 1. The number of carbonyl (C=O) groups is 2. The van der Waals surface area contributed by atoms with Crippen LogP contribution in [0.25, 0.3) is 0 Å². The standard InChI is InChI=1S/C17H23N5O4/c1-12-14(5-8-26-12)17(24)22-7-3-4-13(22)10-21-11-15(19-20-21)16(23)18-6-9-25-2/h5,8,11,13H,3-4,6-7,9-10H2,1-2H3,(H,18,23). The summed E-state index contributed by atoms with van der Waals surface area (Å²) in [6.45, 7) is 3.84. The lowest BCUT2D eigenvalue weighted by atomic mass is 10.2. The maximum Gasteiger partial charge on any atom is 0.273 e. The van der Waals surface area contributed by atoms with Crippen LogP contribution in [0.15, 0.2) is 22.9 Å². The summed E-state index contributed by atoms with van der Waals surface area (Å²) in [5.41, 5.74) is 0.844. The van der Waals surface area contributed by atoms with E-state index in [1.165, 1.54) is 6.26 Å². The lowest BCUT2D eigenvalue weighted by Crippen LogP contribution is -2.38. The zero-order valence-electron chi connectivity index (χ0n) is 15.0. The first-order chi connectivity index (χ1) is 12.6. The molecule has 0 radical (unpaired) electrons. The van der Waals surface area contributed by atoms with E-state index in [9.17, 15) is 9.59 Å². The molecule has 1 saturated heterocycles. The Morgan fingerprint density at radius 1 is 1.46 bits per heavy atom. The Balaban J connectivity index is 1.62. The Morgan fingerprint density at radius 2 is 2.31 bits per heavy atom. The molecule has 140 valence electrons. The number of likely N-dealkylation sites (tertiary alicyclic amines) is 1. The van der Waals surface area contributed by atoms with Gasteiger partial charge < -0.3 is 19.4 Å². The fraction of sp³-hybridized carbons (Fsp3) is 0.529. The maximum atomic E-state index is 12.7. The van der Waals surface area contributed by atoms with Crippen LogP contribution in [0.5, 0.6) is 0 Å². The fourth-order valence-corrected chi connectivity index (χ4v) is 3.12. The number of amides is 2. The average molecular weight is 361 g/mol. The summed E-state index contributed by atoms with van der Waals surface area (Å²) in [4.78, 5) is 26.6. The number of nitrogens with zero attached hydrogens (tertiary/aromatic N) is 4. The number of aromatic nitrogens is 3. The van der Waals surface area contributed by atoms with Crippen LogP contribution < -0.4 is 5.32 Å². The predicted octanol–water partition coefficient (Wildman–Crippen LogP) is 0.861. The van der Waals surface area contributed by atoms with Crippen LogP contribution in [0, 0.1) is 6.92 Å². The highest BCUT2D eigenvalue weighted by Crippen LogP contribution is 2.23. The largest absolute Gasteiger partial charge is 0.469 e. The molecule has 9 nitrogen and oxygen atoms in total. The summed E-state index contributed by atoms with van der Waals surface area (Å²) < 4.78 is 11.8. The van der Waals surface area contributed by atoms with Crippen LogP contribution in [0.3, 0.4) is 0 Å². The number of rotatable bonds is 7. The van der Waals surface area contributed by atoms with Crippen LogP contribution in [-0.4, -0.2) is 64.6 Å². The van der Waals surface area contributed by atoms with Gasteiger partial charge in [-0.05, 0) is 25.8 Å². The average Bonchev–Trinajstić information content (AvgIpc) is 3.36. The molecule has 0 spiro atoms. The van der Waals surface area contributed by atoms with Gasteiger partial charge in [0.2, 0.25) is 0 Å². The summed E-state index contributed by atoms with van der Waals surface area (Å²) in [7, 11) is 1.57. The maximum absolute atomic E-state index is 12.7. The zero-order valence-corrected chi connectivity index (χ0v) is 15.0. The summed E-state index contributed by atoms with van der Waals surface area (Å²) >= 11 is 0. The minimum absolute atomic E-state index is 0.0166. The summed E-state index contributed by atoms with van der Waals surface area (Å²) in [6, 6.07) is 1.72. The van der Waals surface area contributed by atoms with Crippen molar-refractivity contribution in [2.24, 2.45) is 0 Å². The quantitative estimate of drug-likeness (QED) is 0.734. The molecule has 2 aromatic heterocycles. The van der Waals surface area contributed by atoms with E-state index in [4.69, 9.17) is 9.15 Å². The first kappa shape index (κ1) is 18.1. The monoisotopic (exact) mass is 361 g/mol. The Bertz CT molecular complexity index is 769. The van der Waals surface area contributed by atoms with E-state index in [0.717, 1.165) is 12.8 Å². The van der Waals surface area contributed by atoms with Crippen molar-refractivity contribution in [3.8, 4) is 0 Å². The van der Waals surface area contributed by atoms with Crippen molar-refractivity contribution in [2.75, 3.05) is 26.8 Å². The van der Waals surface area contributed by atoms with Gasteiger partial charge >= 0.3 is 0 Å². The van der Waals surface area contributed by atoms with Crippen molar-refractivity contribution >= 4 is 11.8 Å². The van der Waals surface area contributed by atoms with Gasteiger partial charge in [-0.25, -0.2) is 4.68 Å². The second-order valence-corrected chi connectivity index (χ2v) is 6.26. The molecule has 0 aromatic carbocycles. The predicted molar refractivity (Wildman–Crippen MR) is 91.7 cm³/mol. The van der Waals surface area contributed by atoms with E-state index in [-0.39, 0.29) is 23.6 Å².